The number of nitrogens with zero attached hydrogens (tertiary/aromatic N) is 1. The number of fused-ring (bicyclic) bond motifs is 1. The minimum atomic E-state index is -0.543. The minimum absolute atomic E-state index is 0.00345. The number of Topliss-reactive ketones (excluding diaryl/α,β-unsaturated/α-hetero) is 1. The Morgan fingerprint density at radius 2 is 2.09 bits per heavy atom. The molecule has 23 heavy (non-hydrogen) atoms. The largest absolute Gasteiger partial charge is 0.369 e. The average Bonchev–Trinajstić information content (AvgIpc) is 3.02. The molecular formula is C17H22N2O3S. The standard InChI is InChI=1S/C17H22N2O3S/c1-10(20)12-4-11(7-23-12)5-14(21)19-6-13-16(2,3)8-17(13,9-19)15(18)22/h4,7,13H,5-6,8-9H2,1-3H3,(H2,18,22)/t13-,17+/m1/s1. The van der Waals surface area contributed by atoms with E-state index in [9.17, 15) is 14.4 Å². The number of rotatable bonds is 4. The van der Waals surface area contributed by atoms with E-state index >= 15 is 0 Å². The van der Waals surface area contributed by atoms with Crippen molar-refractivity contribution in [3.63, 3.8) is 0 Å². The van der Waals surface area contributed by atoms with Crippen LogP contribution in [0.15, 0.2) is 11.4 Å². The van der Waals surface area contributed by atoms with Gasteiger partial charge in [-0.2, -0.15) is 0 Å². The van der Waals surface area contributed by atoms with Crippen molar-refractivity contribution in [2.24, 2.45) is 22.5 Å². The number of nitrogens with two attached hydrogens (primary N) is 1. The molecular weight excluding hydrogens is 312 g/mol. The topological polar surface area (TPSA) is 80.5 Å². The second kappa shape index (κ2) is 5.16. The van der Waals surface area contributed by atoms with Crippen LogP contribution in [0.2, 0.25) is 0 Å². The summed E-state index contributed by atoms with van der Waals surface area (Å²) in [5.41, 5.74) is 6.00. The van der Waals surface area contributed by atoms with Crippen molar-refractivity contribution >= 4 is 28.9 Å². The Labute approximate surface area is 139 Å². The zero-order valence-electron chi connectivity index (χ0n) is 13.7. The fourth-order valence-electron chi connectivity index (χ4n) is 4.36. The van der Waals surface area contributed by atoms with Crippen LogP contribution in [0.5, 0.6) is 0 Å². The summed E-state index contributed by atoms with van der Waals surface area (Å²) >= 11 is 1.37. The number of primary amides is 1. The molecule has 2 heterocycles. The Hall–Kier alpha value is -1.69. The van der Waals surface area contributed by atoms with Gasteiger partial charge < -0.3 is 10.6 Å². The molecule has 2 aliphatic rings. The van der Waals surface area contributed by atoms with Crippen LogP contribution in [0.4, 0.5) is 0 Å². The van der Waals surface area contributed by atoms with E-state index in [1.807, 2.05) is 5.38 Å². The van der Waals surface area contributed by atoms with Crippen LogP contribution in [-0.4, -0.2) is 35.6 Å². The van der Waals surface area contributed by atoms with E-state index in [0.717, 1.165) is 12.0 Å². The lowest BCUT2D eigenvalue weighted by Gasteiger charge is -2.54. The van der Waals surface area contributed by atoms with E-state index in [2.05, 4.69) is 13.8 Å². The number of ketones is 1. The first-order valence-corrected chi connectivity index (χ1v) is 8.70. The van der Waals surface area contributed by atoms with Crippen LogP contribution in [0, 0.1) is 16.7 Å². The summed E-state index contributed by atoms with van der Waals surface area (Å²) in [5.74, 6) is -0.121. The molecule has 6 heteroatoms. The number of amides is 2. The van der Waals surface area contributed by atoms with Gasteiger partial charge in [0.2, 0.25) is 11.8 Å². The Balaban J connectivity index is 1.72. The van der Waals surface area contributed by atoms with Gasteiger partial charge in [-0.25, -0.2) is 0 Å². The Morgan fingerprint density at radius 1 is 1.39 bits per heavy atom. The van der Waals surface area contributed by atoms with Gasteiger partial charge >= 0.3 is 0 Å². The van der Waals surface area contributed by atoms with Gasteiger partial charge in [0.05, 0.1) is 16.7 Å². The molecule has 2 amide bonds. The molecule has 5 nitrogen and oxygen atoms in total. The third-order valence-electron chi connectivity index (χ3n) is 5.46. The molecule has 0 radical (unpaired) electrons. The van der Waals surface area contributed by atoms with Crippen LogP contribution in [-0.2, 0) is 16.0 Å². The lowest BCUT2D eigenvalue weighted by molar-refractivity contribution is -0.148. The highest BCUT2D eigenvalue weighted by Gasteiger charge is 2.66. The normalized spacial score (nSPS) is 28.1. The van der Waals surface area contributed by atoms with Crippen molar-refractivity contribution in [1.82, 2.24) is 4.90 Å². The minimum Gasteiger partial charge on any atom is -0.369 e. The molecule has 2 atom stereocenters. The van der Waals surface area contributed by atoms with Gasteiger partial charge in [0.25, 0.3) is 0 Å². The van der Waals surface area contributed by atoms with Gasteiger partial charge in [0.1, 0.15) is 0 Å². The smallest absolute Gasteiger partial charge is 0.227 e. The van der Waals surface area contributed by atoms with Crippen LogP contribution < -0.4 is 5.73 Å². The molecule has 1 saturated heterocycles. The van der Waals surface area contributed by atoms with Gasteiger partial charge in [0, 0.05) is 13.1 Å². The molecule has 3 rings (SSSR count). The monoisotopic (exact) mass is 334 g/mol. The van der Waals surface area contributed by atoms with E-state index in [0.29, 0.717) is 18.0 Å². The number of hydrogen-bond acceptors (Lipinski definition) is 4. The number of thiophene rings is 1. The zero-order chi connectivity index (χ0) is 17.0. The average molecular weight is 334 g/mol. The van der Waals surface area contributed by atoms with Gasteiger partial charge in [-0.05, 0) is 41.7 Å². The fourth-order valence-corrected chi connectivity index (χ4v) is 5.17. The molecule has 124 valence electrons. The lowest BCUT2D eigenvalue weighted by Crippen LogP contribution is -2.59. The number of carbonyl (C=O) groups is 3. The Morgan fingerprint density at radius 3 is 2.57 bits per heavy atom. The van der Waals surface area contributed by atoms with E-state index in [1.54, 1.807) is 11.0 Å². The Kier molecular flexibility index (Phi) is 3.63. The van der Waals surface area contributed by atoms with Crippen molar-refractivity contribution in [1.29, 1.82) is 0 Å². The summed E-state index contributed by atoms with van der Waals surface area (Å²) in [6.07, 6.45) is 1.02. The quantitative estimate of drug-likeness (QED) is 0.853. The molecule has 2 N–H and O–H groups in total. The fraction of sp³-hybridized carbons (Fsp3) is 0.588. The molecule has 0 aromatic carbocycles. The SMILES string of the molecule is CC(=O)c1cc(CC(=O)N2C[C@@H]3C(C)(C)C[C@]3(C(N)=O)C2)cs1. The first kappa shape index (κ1) is 16.2. The van der Waals surface area contributed by atoms with Crippen LogP contribution in [0.3, 0.4) is 0 Å². The highest BCUT2D eigenvalue weighted by Crippen LogP contribution is 2.62. The van der Waals surface area contributed by atoms with Gasteiger partial charge in [0.15, 0.2) is 5.78 Å². The van der Waals surface area contributed by atoms with Gasteiger partial charge in [-0.3, -0.25) is 14.4 Å². The van der Waals surface area contributed by atoms with Crippen LogP contribution >= 0.6 is 11.3 Å². The number of carbonyl (C=O) groups excluding carboxylic acids is 3. The third-order valence-corrected chi connectivity index (χ3v) is 6.54. The first-order valence-electron chi connectivity index (χ1n) is 7.82. The molecule has 2 fully saturated rings. The molecule has 1 aliphatic heterocycles. The summed E-state index contributed by atoms with van der Waals surface area (Å²) in [5, 5.41) is 1.85. The molecule has 1 saturated carbocycles. The van der Waals surface area contributed by atoms with E-state index in [1.165, 1.54) is 18.3 Å². The maximum Gasteiger partial charge on any atom is 0.227 e. The summed E-state index contributed by atoms with van der Waals surface area (Å²) in [4.78, 5) is 38.3. The van der Waals surface area contributed by atoms with Crippen LogP contribution in [0.1, 0.15) is 42.4 Å². The summed E-state index contributed by atoms with van der Waals surface area (Å²) < 4.78 is 0. The number of likely N-dealkylation sites (tertiary alicyclic amines) is 1. The maximum atomic E-state index is 12.6. The Bertz CT molecular complexity index is 694. The summed E-state index contributed by atoms with van der Waals surface area (Å²) in [6.45, 7) is 6.81. The van der Waals surface area contributed by atoms with Crippen molar-refractivity contribution < 1.29 is 14.4 Å². The third kappa shape index (κ3) is 2.49. The van der Waals surface area contributed by atoms with Gasteiger partial charge in [-0.15, -0.1) is 11.3 Å². The molecule has 0 unspecified atom stereocenters. The molecule has 1 aromatic rings. The number of hydrogen-bond donors (Lipinski definition) is 1. The lowest BCUT2D eigenvalue weighted by atomic mass is 9.48. The zero-order valence-corrected chi connectivity index (χ0v) is 14.5. The summed E-state index contributed by atoms with van der Waals surface area (Å²) in [7, 11) is 0. The van der Waals surface area contributed by atoms with E-state index in [4.69, 9.17) is 5.73 Å². The van der Waals surface area contributed by atoms with Crippen LogP contribution in [0.25, 0.3) is 0 Å². The van der Waals surface area contributed by atoms with Crippen molar-refractivity contribution in [3.8, 4) is 0 Å². The highest BCUT2D eigenvalue weighted by molar-refractivity contribution is 7.12. The molecule has 0 spiro atoms. The van der Waals surface area contributed by atoms with E-state index < -0.39 is 5.41 Å². The maximum absolute atomic E-state index is 12.6. The van der Waals surface area contributed by atoms with Crippen molar-refractivity contribution in [3.05, 3.63) is 21.9 Å². The first-order chi connectivity index (χ1) is 10.7. The molecule has 1 aromatic heterocycles. The second-order valence-electron chi connectivity index (χ2n) is 7.56. The highest BCUT2D eigenvalue weighted by atomic mass is 32.1. The molecule has 0 bridgehead atoms. The summed E-state index contributed by atoms with van der Waals surface area (Å²) in [6, 6.07) is 1.78. The van der Waals surface area contributed by atoms with Crippen molar-refractivity contribution in [2.45, 2.75) is 33.6 Å². The predicted octanol–water partition coefficient (Wildman–Crippen LogP) is 1.85. The second-order valence-corrected chi connectivity index (χ2v) is 8.48. The van der Waals surface area contributed by atoms with Gasteiger partial charge in [-0.1, -0.05) is 13.8 Å². The molecule has 1 aliphatic carbocycles. The predicted molar refractivity (Wildman–Crippen MR) is 88.1 cm³/mol. The van der Waals surface area contributed by atoms with E-state index in [-0.39, 0.29) is 35.4 Å². The van der Waals surface area contributed by atoms with Crippen molar-refractivity contribution in [2.75, 3.05) is 13.1 Å².